The summed E-state index contributed by atoms with van der Waals surface area (Å²) < 4.78 is 37.2. The molecular weight excluding hydrogens is 422 g/mol. The highest BCUT2D eigenvalue weighted by Crippen LogP contribution is 2.27. The highest BCUT2D eigenvalue weighted by atomic mass is 32.2. The molecule has 2 fully saturated rings. The highest BCUT2D eigenvalue weighted by molar-refractivity contribution is 7.89. The summed E-state index contributed by atoms with van der Waals surface area (Å²) in [5.74, 6) is -0.0440. The van der Waals surface area contributed by atoms with Gasteiger partial charge in [-0.2, -0.15) is 4.31 Å². The van der Waals surface area contributed by atoms with Crippen LogP contribution >= 0.6 is 0 Å². The van der Waals surface area contributed by atoms with E-state index in [1.807, 2.05) is 0 Å². The molecule has 1 atom stereocenters. The molecule has 2 aliphatic rings. The van der Waals surface area contributed by atoms with Crippen molar-refractivity contribution >= 4 is 33.2 Å². The Morgan fingerprint density at radius 2 is 1.65 bits per heavy atom. The molecule has 0 spiro atoms. The predicted molar refractivity (Wildman–Crippen MR) is 114 cm³/mol. The number of rotatable bonds is 6. The molecule has 2 heterocycles. The van der Waals surface area contributed by atoms with E-state index in [1.165, 1.54) is 28.6 Å². The van der Waals surface area contributed by atoms with Crippen molar-refractivity contribution in [1.29, 1.82) is 0 Å². The Kier molecular flexibility index (Phi) is 5.94. The number of benzene rings is 2. The van der Waals surface area contributed by atoms with Crippen molar-refractivity contribution in [3.8, 4) is 5.75 Å². The third-order valence-corrected chi connectivity index (χ3v) is 7.19. The fourth-order valence-corrected chi connectivity index (χ4v) is 5.02. The zero-order valence-electron chi connectivity index (χ0n) is 17.0. The van der Waals surface area contributed by atoms with Crippen LogP contribution in [0.5, 0.6) is 5.75 Å². The third kappa shape index (κ3) is 4.27. The van der Waals surface area contributed by atoms with Crippen molar-refractivity contribution in [1.82, 2.24) is 4.31 Å². The van der Waals surface area contributed by atoms with Crippen LogP contribution in [-0.2, 0) is 24.3 Å². The summed E-state index contributed by atoms with van der Waals surface area (Å²) in [5.41, 5.74) is 1.04. The molecule has 2 amide bonds. The lowest BCUT2D eigenvalue weighted by molar-refractivity contribution is -0.121. The largest absolute Gasteiger partial charge is 0.497 e. The Labute approximate surface area is 180 Å². The number of hydrogen-bond donors (Lipinski definition) is 1. The SMILES string of the molecule is COc1ccc(N[C@H]2CC(=O)N(c3ccc(S(=O)(=O)N4CCOCC4)cc3)C2=O)cc1. The summed E-state index contributed by atoms with van der Waals surface area (Å²) in [4.78, 5) is 26.6. The van der Waals surface area contributed by atoms with E-state index in [1.54, 1.807) is 31.4 Å². The van der Waals surface area contributed by atoms with Crippen molar-refractivity contribution < 1.29 is 27.5 Å². The lowest BCUT2D eigenvalue weighted by atomic mass is 10.2. The normalized spacial score (nSPS) is 20.2. The molecule has 0 unspecified atom stereocenters. The monoisotopic (exact) mass is 445 g/mol. The minimum Gasteiger partial charge on any atom is -0.497 e. The van der Waals surface area contributed by atoms with Gasteiger partial charge >= 0.3 is 0 Å². The van der Waals surface area contributed by atoms with E-state index in [-0.39, 0.29) is 23.1 Å². The van der Waals surface area contributed by atoms with Crippen LogP contribution in [0.3, 0.4) is 0 Å². The van der Waals surface area contributed by atoms with E-state index in [4.69, 9.17) is 9.47 Å². The summed E-state index contributed by atoms with van der Waals surface area (Å²) >= 11 is 0. The third-order valence-electron chi connectivity index (χ3n) is 5.28. The van der Waals surface area contributed by atoms with Crippen molar-refractivity contribution in [3.05, 3.63) is 48.5 Å². The van der Waals surface area contributed by atoms with E-state index in [0.29, 0.717) is 43.4 Å². The molecule has 2 saturated heterocycles. The molecule has 9 nitrogen and oxygen atoms in total. The standard InChI is InChI=1S/C21H23N3O6S/c1-29-17-6-2-15(3-7-17)22-19-14-20(25)24(21(19)26)16-4-8-18(9-5-16)31(27,28)23-10-12-30-13-11-23/h2-9,19,22H,10-14H2,1H3/t19-/m0/s1. The van der Waals surface area contributed by atoms with Gasteiger partial charge in [-0.3, -0.25) is 9.59 Å². The maximum absolute atomic E-state index is 12.9. The number of nitrogens with one attached hydrogen (secondary N) is 1. The summed E-state index contributed by atoms with van der Waals surface area (Å²) in [6.07, 6.45) is 0.0126. The van der Waals surface area contributed by atoms with Crippen LogP contribution in [-0.4, -0.2) is 64.0 Å². The van der Waals surface area contributed by atoms with Crippen LogP contribution < -0.4 is 15.0 Å². The van der Waals surface area contributed by atoms with Gasteiger partial charge in [-0.1, -0.05) is 0 Å². The predicted octanol–water partition coefficient (Wildman–Crippen LogP) is 1.46. The molecule has 0 bridgehead atoms. The molecule has 0 radical (unpaired) electrons. The molecule has 10 heteroatoms. The molecule has 4 rings (SSSR count). The van der Waals surface area contributed by atoms with Gasteiger partial charge in [-0.25, -0.2) is 13.3 Å². The summed E-state index contributed by atoms with van der Waals surface area (Å²) in [6, 6.07) is 12.2. The Morgan fingerprint density at radius 3 is 2.26 bits per heavy atom. The Bertz CT molecular complexity index is 1060. The van der Waals surface area contributed by atoms with Gasteiger partial charge in [0.2, 0.25) is 15.9 Å². The number of carbonyl (C=O) groups excluding carboxylic acids is 2. The van der Waals surface area contributed by atoms with E-state index >= 15 is 0 Å². The number of hydrogen-bond acceptors (Lipinski definition) is 7. The lowest BCUT2D eigenvalue weighted by Gasteiger charge is -2.26. The summed E-state index contributed by atoms with van der Waals surface area (Å²) in [7, 11) is -2.08. The zero-order chi connectivity index (χ0) is 22.0. The lowest BCUT2D eigenvalue weighted by Crippen LogP contribution is -2.40. The molecule has 31 heavy (non-hydrogen) atoms. The Balaban J connectivity index is 1.48. The fraction of sp³-hybridized carbons (Fsp3) is 0.333. The van der Waals surface area contributed by atoms with Gasteiger partial charge in [-0.15, -0.1) is 0 Å². The fourth-order valence-electron chi connectivity index (χ4n) is 3.61. The van der Waals surface area contributed by atoms with E-state index in [2.05, 4.69) is 5.32 Å². The molecule has 0 aliphatic carbocycles. The molecule has 0 aromatic heterocycles. The maximum Gasteiger partial charge on any atom is 0.256 e. The van der Waals surface area contributed by atoms with Crippen LogP contribution in [0.15, 0.2) is 53.4 Å². The first-order valence-electron chi connectivity index (χ1n) is 9.85. The minimum atomic E-state index is -3.64. The first-order valence-corrected chi connectivity index (χ1v) is 11.3. The first kappa shape index (κ1) is 21.3. The number of anilines is 2. The number of carbonyl (C=O) groups is 2. The highest BCUT2D eigenvalue weighted by Gasteiger charge is 2.39. The van der Waals surface area contributed by atoms with Gasteiger partial charge in [0.1, 0.15) is 11.8 Å². The topological polar surface area (TPSA) is 105 Å². The van der Waals surface area contributed by atoms with Gasteiger partial charge in [0.15, 0.2) is 0 Å². The molecule has 2 aliphatic heterocycles. The molecule has 0 saturated carbocycles. The molecule has 2 aromatic rings. The van der Waals surface area contributed by atoms with Crippen LogP contribution in [0.25, 0.3) is 0 Å². The summed E-state index contributed by atoms with van der Waals surface area (Å²) in [5, 5.41) is 3.07. The van der Waals surface area contributed by atoms with Crippen LogP contribution in [0.2, 0.25) is 0 Å². The number of imide groups is 1. The van der Waals surface area contributed by atoms with Crippen molar-refractivity contribution in [2.45, 2.75) is 17.4 Å². The maximum atomic E-state index is 12.9. The smallest absolute Gasteiger partial charge is 0.256 e. The van der Waals surface area contributed by atoms with Crippen molar-refractivity contribution in [3.63, 3.8) is 0 Å². The molecule has 1 N–H and O–H groups in total. The number of nitrogens with zero attached hydrogens (tertiary/aromatic N) is 2. The van der Waals surface area contributed by atoms with Gasteiger partial charge in [-0.05, 0) is 48.5 Å². The van der Waals surface area contributed by atoms with E-state index in [0.717, 1.165) is 4.90 Å². The number of ether oxygens (including phenoxy) is 2. The quantitative estimate of drug-likeness (QED) is 0.671. The number of morpholine rings is 1. The number of amides is 2. The van der Waals surface area contributed by atoms with Crippen molar-refractivity contribution in [2.75, 3.05) is 43.6 Å². The molecule has 164 valence electrons. The first-order chi connectivity index (χ1) is 14.9. The van der Waals surface area contributed by atoms with Gasteiger partial charge in [0.05, 0.1) is 37.3 Å². The van der Waals surface area contributed by atoms with E-state index < -0.39 is 16.1 Å². The van der Waals surface area contributed by atoms with Crippen LogP contribution in [0, 0.1) is 0 Å². The average Bonchev–Trinajstić information content (AvgIpc) is 3.07. The number of sulfonamides is 1. The van der Waals surface area contributed by atoms with Crippen molar-refractivity contribution in [2.24, 2.45) is 0 Å². The molecular formula is C21H23N3O6S. The second-order valence-corrected chi connectivity index (χ2v) is 9.15. The Hall–Kier alpha value is -2.95. The average molecular weight is 445 g/mol. The van der Waals surface area contributed by atoms with Crippen LogP contribution in [0.4, 0.5) is 11.4 Å². The summed E-state index contributed by atoms with van der Waals surface area (Å²) in [6.45, 7) is 1.31. The van der Waals surface area contributed by atoms with Gasteiger partial charge in [0.25, 0.3) is 5.91 Å². The Morgan fingerprint density at radius 1 is 1.00 bits per heavy atom. The minimum absolute atomic E-state index is 0.0126. The zero-order valence-corrected chi connectivity index (χ0v) is 17.8. The van der Waals surface area contributed by atoms with Gasteiger partial charge in [0, 0.05) is 18.8 Å². The van der Waals surface area contributed by atoms with Gasteiger partial charge < -0.3 is 14.8 Å². The van der Waals surface area contributed by atoms with Crippen LogP contribution in [0.1, 0.15) is 6.42 Å². The van der Waals surface area contributed by atoms with E-state index in [9.17, 15) is 18.0 Å². The second-order valence-electron chi connectivity index (χ2n) is 7.21. The molecule has 2 aromatic carbocycles. The number of methoxy groups -OCH3 is 1. The second kappa shape index (κ2) is 8.66.